The fourth-order valence-corrected chi connectivity index (χ4v) is 4.28. The molecule has 0 aliphatic carbocycles. The number of aliphatic hydroxyl groups is 2. The van der Waals surface area contributed by atoms with Crippen LogP contribution in [-0.2, 0) is 13.1 Å². The van der Waals surface area contributed by atoms with Gasteiger partial charge >= 0.3 is 0 Å². The second-order valence-electron chi connectivity index (χ2n) is 8.99. The van der Waals surface area contributed by atoms with Crippen LogP contribution in [0.25, 0.3) is 0 Å². The summed E-state index contributed by atoms with van der Waals surface area (Å²) in [7, 11) is 0. The van der Waals surface area contributed by atoms with Gasteiger partial charge < -0.3 is 19.7 Å². The Hall–Kier alpha value is -2.58. The van der Waals surface area contributed by atoms with Crippen molar-refractivity contribution in [2.75, 3.05) is 26.3 Å². The number of ether oxygens (including phenoxy) is 2. The van der Waals surface area contributed by atoms with Gasteiger partial charge in [-0.3, -0.25) is 9.58 Å². The summed E-state index contributed by atoms with van der Waals surface area (Å²) in [6.45, 7) is 5.13. The number of nitrogens with zero attached hydrogens (tertiary/aromatic N) is 3. The number of aryl methyl sites for hydroxylation is 2. The van der Waals surface area contributed by atoms with E-state index in [1.54, 1.807) is 24.3 Å². The van der Waals surface area contributed by atoms with Gasteiger partial charge in [0.2, 0.25) is 0 Å². The van der Waals surface area contributed by atoms with Crippen LogP contribution in [0.3, 0.4) is 0 Å². The fourth-order valence-electron chi connectivity index (χ4n) is 4.16. The van der Waals surface area contributed by atoms with Crippen LogP contribution in [0.2, 0.25) is 5.02 Å². The monoisotopic (exact) mass is 485 g/mol. The van der Waals surface area contributed by atoms with E-state index in [0.29, 0.717) is 43.4 Å². The molecule has 7 nitrogen and oxygen atoms in total. The third kappa shape index (κ3) is 6.73. The lowest BCUT2D eigenvalue weighted by Crippen LogP contribution is -2.59. The van der Waals surface area contributed by atoms with E-state index in [4.69, 9.17) is 21.1 Å². The molecule has 0 radical (unpaired) electrons. The molecule has 1 fully saturated rings. The van der Waals surface area contributed by atoms with Gasteiger partial charge in [0.25, 0.3) is 0 Å². The van der Waals surface area contributed by atoms with Gasteiger partial charge in [-0.05, 0) is 60.9 Å². The number of piperidine rings is 1. The number of hydrogen-bond acceptors (Lipinski definition) is 6. The summed E-state index contributed by atoms with van der Waals surface area (Å²) in [4.78, 5) is 2.14. The number of halogens is 1. The van der Waals surface area contributed by atoms with E-state index in [-0.39, 0.29) is 6.61 Å². The van der Waals surface area contributed by atoms with Crippen molar-refractivity contribution in [2.45, 2.75) is 44.6 Å². The standard InChI is InChI=1S/C26H32ClN3O4/c1-20-15-28-30(16-20)11-3-13-33-24-5-2-4-21(14-24)17-29-12-10-25(31)26(32,18-29)19-34-23-8-6-22(27)7-9-23/h2,4-9,14-16,25,31-32H,3,10-13,17-19H2,1H3/t25-,26-/m0/s1. The number of β-amino-alcohol motifs (C(OH)–C–C–N with tert-alkyl or cyclic N) is 1. The molecule has 1 aliphatic heterocycles. The Morgan fingerprint density at radius 1 is 1.15 bits per heavy atom. The molecule has 182 valence electrons. The van der Waals surface area contributed by atoms with Crippen LogP contribution >= 0.6 is 11.6 Å². The lowest BCUT2D eigenvalue weighted by molar-refractivity contribution is -0.140. The Bertz CT molecular complexity index is 1060. The first-order chi connectivity index (χ1) is 16.4. The molecule has 1 aliphatic rings. The van der Waals surface area contributed by atoms with E-state index in [9.17, 15) is 10.2 Å². The topological polar surface area (TPSA) is 80.0 Å². The second-order valence-corrected chi connectivity index (χ2v) is 9.43. The van der Waals surface area contributed by atoms with Gasteiger partial charge in [0.05, 0.1) is 18.9 Å². The van der Waals surface area contributed by atoms with Crippen LogP contribution in [0.1, 0.15) is 24.0 Å². The molecule has 2 atom stereocenters. The van der Waals surface area contributed by atoms with Crippen molar-refractivity contribution in [3.63, 3.8) is 0 Å². The summed E-state index contributed by atoms with van der Waals surface area (Å²) in [5.41, 5.74) is 0.900. The van der Waals surface area contributed by atoms with Crippen molar-refractivity contribution in [2.24, 2.45) is 0 Å². The highest BCUT2D eigenvalue weighted by Crippen LogP contribution is 2.26. The van der Waals surface area contributed by atoms with Gasteiger partial charge in [-0.1, -0.05) is 23.7 Å². The summed E-state index contributed by atoms with van der Waals surface area (Å²) < 4.78 is 13.6. The molecule has 4 rings (SSSR count). The maximum atomic E-state index is 11.1. The Balaban J connectivity index is 1.28. The summed E-state index contributed by atoms with van der Waals surface area (Å²) >= 11 is 5.92. The molecule has 0 unspecified atom stereocenters. The predicted molar refractivity (Wildman–Crippen MR) is 131 cm³/mol. The zero-order valence-electron chi connectivity index (χ0n) is 19.4. The molecule has 2 heterocycles. The first-order valence-corrected chi connectivity index (χ1v) is 12.0. The van der Waals surface area contributed by atoms with E-state index in [1.807, 2.05) is 48.3 Å². The minimum absolute atomic E-state index is 0.00518. The average Bonchev–Trinajstić information content (AvgIpc) is 3.24. The fraction of sp³-hybridized carbons (Fsp3) is 0.423. The number of aromatic nitrogens is 2. The minimum Gasteiger partial charge on any atom is -0.494 e. The molecule has 0 saturated carbocycles. The molecule has 0 bridgehead atoms. The highest BCUT2D eigenvalue weighted by atomic mass is 35.5. The van der Waals surface area contributed by atoms with E-state index >= 15 is 0 Å². The number of aliphatic hydroxyl groups excluding tert-OH is 1. The first-order valence-electron chi connectivity index (χ1n) is 11.6. The zero-order valence-corrected chi connectivity index (χ0v) is 20.2. The molecular formula is C26H32ClN3O4. The third-order valence-electron chi connectivity index (χ3n) is 6.01. The number of rotatable bonds is 10. The Morgan fingerprint density at radius 3 is 2.74 bits per heavy atom. The summed E-state index contributed by atoms with van der Waals surface area (Å²) in [5, 5.41) is 26.5. The first kappa shape index (κ1) is 24.5. The normalized spacial score (nSPS) is 20.9. The maximum absolute atomic E-state index is 11.1. The molecule has 2 N–H and O–H groups in total. The van der Waals surface area contributed by atoms with E-state index in [2.05, 4.69) is 10.00 Å². The van der Waals surface area contributed by atoms with Gasteiger partial charge in [-0.2, -0.15) is 5.10 Å². The third-order valence-corrected chi connectivity index (χ3v) is 6.26. The molecule has 0 spiro atoms. The van der Waals surface area contributed by atoms with Crippen molar-refractivity contribution >= 4 is 11.6 Å². The lowest BCUT2D eigenvalue weighted by atomic mass is 9.90. The quantitative estimate of drug-likeness (QED) is 0.426. The molecule has 34 heavy (non-hydrogen) atoms. The molecule has 1 saturated heterocycles. The van der Waals surface area contributed by atoms with Crippen LogP contribution in [0.4, 0.5) is 0 Å². The molecule has 1 aromatic heterocycles. The van der Waals surface area contributed by atoms with Crippen LogP contribution < -0.4 is 9.47 Å². The highest BCUT2D eigenvalue weighted by molar-refractivity contribution is 6.30. The van der Waals surface area contributed by atoms with E-state index < -0.39 is 11.7 Å². The molecular weight excluding hydrogens is 454 g/mol. The largest absolute Gasteiger partial charge is 0.494 e. The zero-order chi connectivity index (χ0) is 24.0. The summed E-state index contributed by atoms with van der Waals surface area (Å²) in [6.07, 6.45) is 4.39. The molecule has 3 aromatic rings. The van der Waals surface area contributed by atoms with Crippen molar-refractivity contribution < 1.29 is 19.7 Å². The van der Waals surface area contributed by atoms with E-state index in [0.717, 1.165) is 29.8 Å². The second kappa shape index (κ2) is 11.2. The number of likely N-dealkylation sites (tertiary alicyclic amines) is 1. The molecule has 8 heteroatoms. The van der Waals surface area contributed by atoms with Crippen molar-refractivity contribution in [3.8, 4) is 11.5 Å². The summed E-state index contributed by atoms with van der Waals surface area (Å²) in [6, 6.07) is 15.0. The van der Waals surface area contributed by atoms with Crippen LogP contribution in [0.15, 0.2) is 60.9 Å². The van der Waals surface area contributed by atoms with Crippen LogP contribution in [0.5, 0.6) is 11.5 Å². The SMILES string of the molecule is Cc1cnn(CCCOc2cccc(CN3CC[C@H](O)[C@@](O)(COc4ccc(Cl)cc4)C3)c2)c1. The molecule has 2 aromatic carbocycles. The van der Waals surface area contributed by atoms with Crippen molar-refractivity contribution in [1.82, 2.24) is 14.7 Å². The minimum atomic E-state index is -1.35. The smallest absolute Gasteiger partial charge is 0.137 e. The maximum Gasteiger partial charge on any atom is 0.137 e. The Morgan fingerprint density at radius 2 is 1.97 bits per heavy atom. The Kier molecular flexibility index (Phi) is 8.11. The van der Waals surface area contributed by atoms with Crippen molar-refractivity contribution in [1.29, 1.82) is 0 Å². The summed E-state index contributed by atoms with van der Waals surface area (Å²) in [5.74, 6) is 1.43. The van der Waals surface area contributed by atoms with Gasteiger partial charge in [-0.15, -0.1) is 0 Å². The van der Waals surface area contributed by atoms with Gasteiger partial charge in [0.15, 0.2) is 0 Å². The predicted octanol–water partition coefficient (Wildman–Crippen LogP) is 3.69. The van der Waals surface area contributed by atoms with Crippen LogP contribution in [0, 0.1) is 6.92 Å². The van der Waals surface area contributed by atoms with Crippen molar-refractivity contribution in [3.05, 3.63) is 77.1 Å². The average molecular weight is 486 g/mol. The lowest BCUT2D eigenvalue weighted by Gasteiger charge is -2.42. The number of benzene rings is 2. The van der Waals surface area contributed by atoms with Gasteiger partial charge in [0, 0.05) is 43.8 Å². The van der Waals surface area contributed by atoms with E-state index in [1.165, 1.54) is 0 Å². The van der Waals surface area contributed by atoms with Gasteiger partial charge in [0.1, 0.15) is 23.7 Å². The molecule has 0 amide bonds. The Labute approximate surface area is 205 Å². The van der Waals surface area contributed by atoms with Crippen LogP contribution in [-0.4, -0.2) is 62.9 Å². The number of hydrogen-bond donors (Lipinski definition) is 2. The highest BCUT2D eigenvalue weighted by Gasteiger charge is 2.42. The van der Waals surface area contributed by atoms with Gasteiger partial charge in [-0.25, -0.2) is 0 Å².